The number of amides is 1. The molecule has 1 atom stereocenters. The lowest BCUT2D eigenvalue weighted by Gasteiger charge is -2.13. The maximum absolute atomic E-state index is 13.9. The smallest absolute Gasteiger partial charge is 0.254 e. The van der Waals surface area contributed by atoms with E-state index in [0.29, 0.717) is 11.3 Å². The summed E-state index contributed by atoms with van der Waals surface area (Å²) < 4.78 is 13.9. The molecule has 2 rings (SSSR count). The van der Waals surface area contributed by atoms with Crippen LogP contribution in [0.25, 0.3) is 0 Å². The van der Waals surface area contributed by atoms with Gasteiger partial charge < -0.3 is 11.1 Å². The van der Waals surface area contributed by atoms with Gasteiger partial charge in [-0.2, -0.15) is 5.10 Å². The van der Waals surface area contributed by atoms with Crippen LogP contribution in [-0.4, -0.2) is 16.1 Å². The molecule has 1 amide bonds. The Morgan fingerprint density at radius 1 is 1.53 bits per heavy atom. The van der Waals surface area contributed by atoms with Crippen molar-refractivity contribution < 1.29 is 9.18 Å². The van der Waals surface area contributed by atoms with Gasteiger partial charge in [-0.3, -0.25) is 9.89 Å². The lowest BCUT2D eigenvalue weighted by molar-refractivity contribution is 0.0935. The molecule has 0 aliphatic carbocycles. The fraction of sp³-hybridized carbons (Fsp3) is 0.231. The zero-order valence-corrected chi connectivity index (χ0v) is 10.7. The Kier molecular flexibility index (Phi) is 3.50. The number of aromatic nitrogens is 2. The molecule has 1 aromatic heterocycles. The van der Waals surface area contributed by atoms with E-state index in [1.165, 1.54) is 12.1 Å². The third kappa shape index (κ3) is 2.73. The van der Waals surface area contributed by atoms with Gasteiger partial charge in [0.15, 0.2) is 0 Å². The number of hydrogen-bond acceptors (Lipinski definition) is 3. The first-order valence-corrected chi connectivity index (χ1v) is 5.84. The number of anilines is 1. The Bertz CT molecular complexity index is 595. The van der Waals surface area contributed by atoms with E-state index in [1.54, 1.807) is 26.2 Å². The molecular formula is C13H15FN4O. The van der Waals surface area contributed by atoms with Gasteiger partial charge >= 0.3 is 0 Å². The summed E-state index contributed by atoms with van der Waals surface area (Å²) in [5.74, 6) is -1.05. The lowest BCUT2D eigenvalue weighted by Crippen LogP contribution is -2.27. The van der Waals surface area contributed by atoms with E-state index in [2.05, 4.69) is 15.5 Å². The number of H-pyrrole nitrogens is 1. The number of hydrogen-bond donors (Lipinski definition) is 3. The minimum atomic E-state index is -0.550. The number of halogens is 1. The summed E-state index contributed by atoms with van der Waals surface area (Å²) in [4.78, 5) is 12.0. The van der Waals surface area contributed by atoms with Crippen molar-refractivity contribution in [2.24, 2.45) is 0 Å². The molecule has 0 saturated heterocycles. The fourth-order valence-corrected chi connectivity index (χ4v) is 1.82. The van der Waals surface area contributed by atoms with Gasteiger partial charge in [-0.1, -0.05) is 0 Å². The quantitative estimate of drug-likeness (QED) is 0.739. The molecule has 1 heterocycles. The monoisotopic (exact) mass is 262 g/mol. The van der Waals surface area contributed by atoms with Crippen molar-refractivity contribution >= 4 is 11.6 Å². The van der Waals surface area contributed by atoms with Gasteiger partial charge in [0.2, 0.25) is 0 Å². The average Bonchev–Trinajstić information content (AvgIpc) is 2.87. The van der Waals surface area contributed by atoms with Gasteiger partial charge in [0.05, 0.1) is 17.8 Å². The molecule has 0 aliphatic rings. The Balaban J connectivity index is 2.21. The number of aryl methyl sites for hydroxylation is 1. The second-order valence-corrected chi connectivity index (χ2v) is 4.43. The molecule has 6 heteroatoms. The molecule has 0 fully saturated rings. The highest BCUT2D eigenvalue weighted by molar-refractivity contribution is 5.95. The van der Waals surface area contributed by atoms with Gasteiger partial charge in [0, 0.05) is 17.4 Å². The number of nitrogens with zero attached hydrogens (tertiary/aromatic N) is 1. The van der Waals surface area contributed by atoms with Crippen molar-refractivity contribution in [2.45, 2.75) is 19.9 Å². The Labute approximate surface area is 110 Å². The summed E-state index contributed by atoms with van der Waals surface area (Å²) in [7, 11) is 0. The average molecular weight is 262 g/mol. The summed E-state index contributed by atoms with van der Waals surface area (Å²) in [5.41, 5.74) is 7.11. The third-order valence-corrected chi connectivity index (χ3v) is 2.89. The van der Waals surface area contributed by atoms with Gasteiger partial charge in [-0.25, -0.2) is 4.39 Å². The number of carbonyl (C=O) groups excluding carboxylic acids is 1. The van der Waals surface area contributed by atoms with E-state index in [0.717, 1.165) is 5.56 Å². The fourth-order valence-electron chi connectivity index (χ4n) is 1.82. The summed E-state index contributed by atoms with van der Waals surface area (Å²) in [5, 5.41) is 9.16. The second kappa shape index (κ2) is 5.09. The van der Waals surface area contributed by atoms with Gasteiger partial charge in [-0.15, -0.1) is 0 Å². The van der Waals surface area contributed by atoms with E-state index >= 15 is 0 Å². The van der Waals surface area contributed by atoms with Crippen LogP contribution in [0.5, 0.6) is 0 Å². The molecular weight excluding hydrogens is 247 g/mol. The van der Waals surface area contributed by atoms with E-state index in [-0.39, 0.29) is 11.6 Å². The molecule has 5 nitrogen and oxygen atoms in total. The third-order valence-electron chi connectivity index (χ3n) is 2.89. The minimum absolute atomic E-state index is 0.0483. The van der Waals surface area contributed by atoms with Crippen LogP contribution in [-0.2, 0) is 0 Å². The number of carbonyl (C=O) groups is 1. The molecule has 0 bridgehead atoms. The van der Waals surface area contributed by atoms with Crippen LogP contribution in [0.15, 0.2) is 24.5 Å². The zero-order chi connectivity index (χ0) is 14.0. The first-order valence-electron chi connectivity index (χ1n) is 5.84. The lowest BCUT2D eigenvalue weighted by atomic mass is 10.1. The van der Waals surface area contributed by atoms with Gasteiger partial charge in [-0.05, 0) is 31.5 Å². The number of benzene rings is 1. The van der Waals surface area contributed by atoms with Crippen LogP contribution in [0.2, 0.25) is 0 Å². The first kappa shape index (κ1) is 13.1. The van der Waals surface area contributed by atoms with E-state index in [9.17, 15) is 9.18 Å². The molecule has 2 aromatic rings. The molecule has 19 heavy (non-hydrogen) atoms. The zero-order valence-electron chi connectivity index (χ0n) is 10.7. The summed E-state index contributed by atoms with van der Waals surface area (Å²) in [6.45, 7) is 3.36. The number of aromatic amines is 1. The number of nitrogens with two attached hydrogens (primary N) is 1. The van der Waals surface area contributed by atoms with Crippen molar-refractivity contribution in [1.29, 1.82) is 0 Å². The van der Waals surface area contributed by atoms with Crippen LogP contribution >= 0.6 is 0 Å². The number of nitrogens with one attached hydrogen (secondary N) is 2. The molecule has 0 radical (unpaired) electrons. The van der Waals surface area contributed by atoms with E-state index < -0.39 is 11.7 Å². The van der Waals surface area contributed by atoms with Crippen molar-refractivity contribution in [3.63, 3.8) is 0 Å². The SMILES string of the molecule is Cc1cc(N)cc(C(=O)NC(C)c2cn[nH]c2)c1F. The Morgan fingerprint density at radius 2 is 2.26 bits per heavy atom. The summed E-state index contributed by atoms with van der Waals surface area (Å²) >= 11 is 0. The maximum atomic E-state index is 13.9. The van der Waals surface area contributed by atoms with Crippen LogP contribution < -0.4 is 11.1 Å². The maximum Gasteiger partial charge on any atom is 0.254 e. The first-order chi connectivity index (χ1) is 8.99. The highest BCUT2D eigenvalue weighted by Crippen LogP contribution is 2.18. The summed E-state index contributed by atoms with van der Waals surface area (Å²) in [6.07, 6.45) is 3.28. The van der Waals surface area contributed by atoms with Crippen molar-refractivity contribution in [3.05, 3.63) is 47.0 Å². The van der Waals surface area contributed by atoms with Gasteiger partial charge in [0.25, 0.3) is 5.91 Å². The molecule has 1 unspecified atom stereocenters. The summed E-state index contributed by atoms with van der Waals surface area (Å²) in [6, 6.07) is 2.55. The topological polar surface area (TPSA) is 83.8 Å². The predicted octanol–water partition coefficient (Wildman–Crippen LogP) is 1.93. The standard InChI is InChI=1S/C13H15FN4O/c1-7-3-10(15)4-11(12(7)14)13(19)18-8(2)9-5-16-17-6-9/h3-6,8H,15H2,1-2H3,(H,16,17)(H,18,19). The van der Waals surface area contributed by atoms with Crippen molar-refractivity contribution in [3.8, 4) is 0 Å². The minimum Gasteiger partial charge on any atom is -0.399 e. The second-order valence-electron chi connectivity index (χ2n) is 4.43. The highest BCUT2D eigenvalue weighted by Gasteiger charge is 2.17. The van der Waals surface area contributed by atoms with Crippen LogP contribution in [0.1, 0.15) is 34.5 Å². The van der Waals surface area contributed by atoms with Crippen molar-refractivity contribution in [1.82, 2.24) is 15.5 Å². The normalized spacial score (nSPS) is 12.2. The molecule has 0 spiro atoms. The Morgan fingerprint density at radius 3 is 2.89 bits per heavy atom. The van der Waals surface area contributed by atoms with Crippen LogP contribution in [0, 0.1) is 12.7 Å². The molecule has 100 valence electrons. The predicted molar refractivity (Wildman–Crippen MR) is 70.0 cm³/mol. The number of nitrogen functional groups attached to an aromatic ring is 1. The molecule has 4 N–H and O–H groups in total. The van der Waals surface area contributed by atoms with Crippen LogP contribution in [0.4, 0.5) is 10.1 Å². The molecule has 0 saturated carbocycles. The van der Waals surface area contributed by atoms with E-state index in [1.807, 2.05) is 0 Å². The molecule has 1 aromatic carbocycles. The molecule has 0 aliphatic heterocycles. The van der Waals surface area contributed by atoms with Crippen molar-refractivity contribution in [2.75, 3.05) is 5.73 Å². The van der Waals surface area contributed by atoms with Crippen LogP contribution in [0.3, 0.4) is 0 Å². The number of rotatable bonds is 3. The largest absolute Gasteiger partial charge is 0.399 e. The van der Waals surface area contributed by atoms with Gasteiger partial charge in [0.1, 0.15) is 5.82 Å². The van der Waals surface area contributed by atoms with E-state index in [4.69, 9.17) is 5.73 Å². The Hall–Kier alpha value is -2.37. The highest BCUT2D eigenvalue weighted by atomic mass is 19.1.